The minimum atomic E-state index is 0.0618. The highest BCUT2D eigenvalue weighted by Crippen LogP contribution is 2.22. The van der Waals surface area contributed by atoms with Gasteiger partial charge in [-0.2, -0.15) is 12.6 Å². The van der Waals surface area contributed by atoms with Crippen LogP contribution in [0.3, 0.4) is 0 Å². The molecule has 0 radical (unpaired) electrons. The number of ether oxygens (including phenoxy) is 1. The normalized spacial score (nSPS) is 17.1. The molecule has 1 unspecified atom stereocenters. The molecule has 0 aliphatic carbocycles. The van der Waals surface area contributed by atoms with Gasteiger partial charge in [-0.05, 0) is 23.8 Å². The van der Waals surface area contributed by atoms with Crippen LogP contribution in [-0.2, 0) is 0 Å². The number of hydrogen-bond acceptors (Lipinski definition) is 3. The highest BCUT2D eigenvalue weighted by Gasteiger charge is 2.23. The lowest BCUT2D eigenvalue weighted by Crippen LogP contribution is -2.36. The monoisotopic (exact) mass is 251 g/mol. The van der Waals surface area contributed by atoms with Crippen LogP contribution in [0.5, 0.6) is 5.75 Å². The molecule has 1 aliphatic rings. The quantitative estimate of drug-likeness (QED) is 0.834. The molecule has 0 N–H and O–H groups in total. The second-order valence-corrected chi connectivity index (χ2v) is 4.75. The van der Waals surface area contributed by atoms with Crippen LogP contribution < -0.4 is 4.74 Å². The van der Waals surface area contributed by atoms with Crippen LogP contribution in [0.1, 0.15) is 17.3 Å². The molecule has 0 fully saturated rings. The Morgan fingerprint density at radius 2 is 2.24 bits per heavy atom. The maximum atomic E-state index is 12.3. The predicted molar refractivity (Wildman–Crippen MR) is 70.9 cm³/mol. The number of nitrogens with zero attached hydrogens (tertiary/aromatic N) is 1. The number of benzene rings is 1. The van der Waals surface area contributed by atoms with Crippen LogP contribution in [0.25, 0.3) is 0 Å². The van der Waals surface area contributed by atoms with Crippen LogP contribution in [0.15, 0.2) is 24.3 Å². The van der Waals surface area contributed by atoms with Crippen LogP contribution in [-0.4, -0.2) is 36.3 Å². The van der Waals surface area contributed by atoms with Gasteiger partial charge in [0.25, 0.3) is 5.91 Å². The summed E-state index contributed by atoms with van der Waals surface area (Å²) in [6.45, 7) is 4.03. The Kier molecular flexibility index (Phi) is 3.94. The zero-order valence-corrected chi connectivity index (χ0v) is 10.8. The van der Waals surface area contributed by atoms with E-state index in [0.29, 0.717) is 30.4 Å². The molecule has 3 nitrogen and oxygen atoms in total. The van der Waals surface area contributed by atoms with Crippen molar-refractivity contribution in [3.8, 4) is 5.75 Å². The van der Waals surface area contributed by atoms with E-state index in [-0.39, 0.29) is 5.91 Å². The minimum absolute atomic E-state index is 0.0618. The van der Waals surface area contributed by atoms with Gasteiger partial charge in [-0.3, -0.25) is 4.79 Å². The Hall–Kier alpha value is -1.16. The van der Waals surface area contributed by atoms with Crippen molar-refractivity contribution in [2.75, 3.05) is 25.4 Å². The van der Waals surface area contributed by atoms with E-state index in [2.05, 4.69) is 19.6 Å². The van der Waals surface area contributed by atoms with E-state index in [9.17, 15) is 4.79 Å². The average molecular weight is 251 g/mol. The maximum Gasteiger partial charge on any atom is 0.257 e. The fourth-order valence-electron chi connectivity index (χ4n) is 1.92. The van der Waals surface area contributed by atoms with Gasteiger partial charge < -0.3 is 9.64 Å². The first-order chi connectivity index (χ1) is 8.22. The lowest BCUT2D eigenvalue weighted by molar-refractivity contribution is 0.0737. The van der Waals surface area contributed by atoms with Crippen molar-refractivity contribution in [1.82, 2.24) is 4.90 Å². The third-order valence-corrected chi connectivity index (χ3v) is 3.49. The molecule has 0 saturated heterocycles. The van der Waals surface area contributed by atoms with Crippen molar-refractivity contribution in [2.24, 2.45) is 5.92 Å². The Morgan fingerprint density at radius 1 is 1.47 bits per heavy atom. The van der Waals surface area contributed by atoms with Crippen LogP contribution in [0.2, 0.25) is 0 Å². The average Bonchev–Trinajstić information content (AvgIpc) is 2.51. The van der Waals surface area contributed by atoms with E-state index in [4.69, 9.17) is 4.74 Å². The Labute approximate surface area is 107 Å². The first-order valence-electron chi connectivity index (χ1n) is 5.84. The minimum Gasteiger partial charge on any atom is -0.491 e. The lowest BCUT2D eigenvalue weighted by atomic mass is 10.1. The van der Waals surface area contributed by atoms with E-state index in [0.717, 1.165) is 12.3 Å². The fraction of sp³-hybridized carbons (Fsp3) is 0.462. The van der Waals surface area contributed by atoms with Gasteiger partial charge in [-0.1, -0.05) is 19.1 Å². The zero-order valence-electron chi connectivity index (χ0n) is 9.93. The van der Waals surface area contributed by atoms with Crippen molar-refractivity contribution >= 4 is 18.5 Å². The summed E-state index contributed by atoms with van der Waals surface area (Å²) in [5.41, 5.74) is 0.663. The van der Waals surface area contributed by atoms with Crippen molar-refractivity contribution < 1.29 is 9.53 Å². The molecule has 1 aromatic carbocycles. The standard InChI is InChI=1S/C13H17NO2S/c1-10(9-17)8-14-6-7-16-12-5-3-2-4-11(12)13(14)15/h2-5,10,17H,6-9H2,1H3. The number of amides is 1. The molecular weight excluding hydrogens is 234 g/mol. The number of carbonyl (C=O) groups is 1. The fourth-order valence-corrected chi connectivity index (χ4v) is 2.03. The van der Waals surface area contributed by atoms with Gasteiger partial charge in [0.2, 0.25) is 0 Å². The Bertz CT molecular complexity index is 408. The molecular formula is C13H17NO2S. The SMILES string of the molecule is CC(CS)CN1CCOc2ccccc2C1=O. The number of rotatable bonds is 3. The molecule has 1 aromatic rings. The summed E-state index contributed by atoms with van der Waals surface area (Å²) in [5, 5.41) is 0. The van der Waals surface area contributed by atoms with E-state index in [1.54, 1.807) is 0 Å². The smallest absolute Gasteiger partial charge is 0.257 e. The van der Waals surface area contributed by atoms with Gasteiger partial charge in [0, 0.05) is 6.54 Å². The largest absolute Gasteiger partial charge is 0.491 e. The number of para-hydroxylation sites is 1. The Morgan fingerprint density at radius 3 is 3.00 bits per heavy atom. The second-order valence-electron chi connectivity index (χ2n) is 4.38. The van der Waals surface area contributed by atoms with E-state index < -0.39 is 0 Å². The summed E-state index contributed by atoms with van der Waals surface area (Å²) in [4.78, 5) is 14.2. The Balaban J connectivity index is 2.20. The van der Waals surface area contributed by atoms with Gasteiger partial charge in [0.1, 0.15) is 12.4 Å². The molecule has 2 rings (SSSR count). The van der Waals surface area contributed by atoms with Crippen molar-refractivity contribution in [2.45, 2.75) is 6.92 Å². The van der Waals surface area contributed by atoms with Gasteiger partial charge in [-0.25, -0.2) is 0 Å². The van der Waals surface area contributed by atoms with Gasteiger partial charge in [0.05, 0.1) is 12.1 Å². The van der Waals surface area contributed by atoms with E-state index in [1.165, 1.54) is 0 Å². The molecule has 0 spiro atoms. The molecule has 92 valence electrons. The number of hydrogen-bond donors (Lipinski definition) is 1. The van der Waals surface area contributed by atoms with Crippen molar-refractivity contribution in [1.29, 1.82) is 0 Å². The maximum absolute atomic E-state index is 12.3. The summed E-state index contributed by atoms with van der Waals surface area (Å²) >= 11 is 4.26. The molecule has 1 aliphatic heterocycles. The summed E-state index contributed by atoms with van der Waals surface area (Å²) in [7, 11) is 0. The van der Waals surface area contributed by atoms with Crippen molar-refractivity contribution in [3.05, 3.63) is 29.8 Å². The third-order valence-electron chi connectivity index (χ3n) is 2.87. The van der Waals surface area contributed by atoms with Gasteiger partial charge in [-0.15, -0.1) is 0 Å². The molecule has 0 bridgehead atoms. The summed E-state index contributed by atoms with van der Waals surface area (Å²) in [6.07, 6.45) is 0. The molecule has 0 saturated carbocycles. The van der Waals surface area contributed by atoms with Crippen LogP contribution >= 0.6 is 12.6 Å². The van der Waals surface area contributed by atoms with Crippen LogP contribution in [0.4, 0.5) is 0 Å². The molecule has 17 heavy (non-hydrogen) atoms. The van der Waals surface area contributed by atoms with E-state index >= 15 is 0 Å². The van der Waals surface area contributed by atoms with Crippen molar-refractivity contribution in [3.63, 3.8) is 0 Å². The lowest BCUT2D eigenvalue weighted by Gasteiger charge is -2.22. The van der Waals surface area contributed by atoms with Gasteiger partial charge >= 0.3 is 0 Å². The molecule has 1 heterocycles. The summed E-state index contributed by atoms with van der Waals surface area (Å²) in [6, 6.07) is 7.42. The molecule has 1 atom stereocenters. The third kappa shape index (κ3) is 2.75. The molecule has 0 aromatic heterocycles. The predicted octanol–water partition coefficient (Wildman–Crippen LogP) is 2.09. The van der Waals surface area contributed by atoms with E-state index in [1.807, 2.05) is 29.2 Å². The van der Waals surface area contributed by atoms with Crippen LogP contribution in [0, 0.1) is 5.92 Å². The van der Waals surface area contributed by atoms with Gasteiger partial charge in [0.15, 0.2) is 0 Å². The first-order valence-corrected chi connectivity index (χ1v) is 6.47. The molecule has 1 amide bonds. The number of thiol groups is 1. The number of fused-ring (bicyclic) bond motifs is 1. The highest BCUT2D eigenvalue weighted by molar-refractivity contribution is 7.80. The first kappa shape index (κ1) is 12.3. The zero-order chi connectivity index (χ0) is 12.3. The second kappa shape index (κ2) is 5.45. The summed E-state index contributed by atoms with van der Waals surface area (Å²) in [5.74, 6) is 1.93. The summed E-state index contributed by atoms with van der Waals surface area (Å²) < 4.78 is 5.58. The highest BCUT2D eigenvalue weighted by atomic mass is 32.1. The topological polar surface area (TPSA) is 29.5 Å². The molecule has 4 heteroatoms. The number of carbonyl (C=O) groups excluding carboxylic acids is 1.